The number of aromatic amines is 1. The van der Waals surface area contributed by atoms with Crippen LogP contribution in [0.25, 0.3) is 22.2 Å². The summed E-state index contributed by atoms with van der Waals surface area (Å²) in [5.41, 5.74) is 22.9. The van der Waals surface area contributed by atoms with Gasteiger partial charge in [-0.1, -0.05) is 58.0 Å². The van der Waals surface area contributed by atoms with Crippen LogP contribution in [0.15, 0.2) is 48.5 Å². The van der Waals surface area contributed by atoms with E-state index in [2.05, 4.69) is 31.5 Å². The quantitative estimate of drug-likeness (QED) is 0.0778. The summed E-state index contributed by atoms with van der Waals surface area (Å²) in [6.45, 7) is 8.46. The summed E-state index contributed by atoms with van der Waals surface area (Å²) >= 11 is 0. The number of fused-ring (bicyclic) bond motifs is 1. The third-order valence-electron chi connectivity index (χ3n) is 7.40. The van der Waals surface area contributed by atoms with Crippen molar-refractivity contribution in [2.75, 3.05) is 26.2 Å². The van der Waals surface area contributed by atoms with E-state index in [1.165, 1.54) is 0 Å². The van der Waals surface area contributed by atoms with Gasteiger partial charge < -0.3 is 44.2 Å². The predicted octanol–water partition coefficient (Wildman–Crippen LogP) is 0.717. The molecule has 17 heteroatoms. The molecule has 0 aliphatic rings. The maximum atomic E-state index is 12.4. The molecular weight excluding hydrogens is 696 g/mol. The Labute approximate surface area is 315 Å². The summed E-state index contributed by atoms with van der Waals surface area (Å²) in [7, 11) is 0. The summed E-state index contributed by atoms with van der Waals surface area (Å²) in [5, 5.41) is 18.9. The number of hydrogen-bond donors (Lipinski definition) is 9. The van der Waals surface area contributed by atoms with E-state index >= 15 is 0 Å². The van der Waals surface area contributed by atoms with Gasteiger partial charge in [-0.2, -0.15) is 5.10 Å². The Hall–Kier alpha value is -5.84. The second kappa shape index (κ2) is 25.2. The van der Waals surface area contributed by atoms with Crippen LogP contribution in [0.3, 0.4) is 0 Å². The lowest BCUT2D eigenvalue weighted by Crippen LogP contribution is -2.42. The first-order chi connectivity index (χ1) is 25.5. The maximum Gasteiger partial charge on any atom is 0.251 e. The van der Waals surface area contributed by atoms with Crippen LogP contribution >= 0.6 is 0 Å². The molecule has 17 nitrogen and oxygen atoms in total. The number of nitrogens with two attached hydrogens (primary N) is 4. The molecule has 296 valence electrons. The fourth-order valence-electron chi connectivity index (χ4n) is 4.44. The molecule has 0 saturated heterocycles. The fourth-order valence-corrected chi connectivity index (χ4v) is 4.44. The van der Waals surface area contributed by atoms with Gasteiger partial charge in [-0.15, -0.1) is 0 Å². The van der Waals surface area contributed by atoms with Gasteiger partial charge in [0.2, 0.25) is 35.4 Å². The first-order valence-corrected chi connectivity index (χ1v) is 17.7. The van der Waals surface area contributed by atoms with Crippen LogP contribution in [0.2, 0.25) is 0 Å². The molecule has 0 unspecified atom stereocenters. The number of carbonyl (C=O) groups is 7. The SMILES string of the molecule is CC(C)CCC(=O)NCC(=O)NCC(=O)NCCCNC(=O)c1ccc(-c2n[nH]c3ccccc23)cc1.CC(C)C[C@H](N)C(N)=O.NC(=O)CCC(N)=O. The number of nitrogens with one attached hydrogen (secondary N) is 5. The van der Waals surface area contributed by atoms with E-state index in [1.807, 2.05) is 64.1 Å². The number of hydrogen-bond acceptors (Lipinski definition) is 9. The van der Waals surface area contributed by atoms with E-state index in [-0.39, 0.29) is 43.7 Å². The van der Waals surface area contributed by atoms with Gasteiger partial charge >= 0.3 is 0 Å². The number of rotatable bonds is 19. The van der Waals surface area contributed by atoms with Gasteiger partial charge in [-0.25, -0.2) is 0 Å². The van der Waals surface area contributed by atoms with E-state index < -0.39 is 29.7 Å². The van der Waals surface area contributed by atoms with Gasteiger partial charge in [0.25, 0.3) is 5.91 Å². The van der Waals surface area contributed by atoms with Crippen molar-refractivity contribution in [2.45, 2.75) is 72.3 Å². The van der Waals surface area contributed by atoms with Crippen molar-refractivity contribution in [3.63, 3.8) is 0 Å². The smallest absolute Gasteiger partial charge is 0.251 e. The largest absolute Gasteiger partial charge is 0.370 e. The molecule has 54 heavy (non-hydrogen) atoms. The van der Waals surface area contributed by atoms with Gasteiger partial charge in [0.1, 0.15) is 0 Å². The third kappa shape index (κ3) is 20.3. The molecule has 0 fully saturated rings. The molecule has 1 aromatic heterocycles. The minimum atomic E-state index is -0.496. The van der Waals surface area contributed by atoms with E-state index in [9.17, 15) is 33.6 Å². The van der Waals surface area contributed by atoms with Crippen LogP contribution in [0.4, 0.5) is 0 Å². The van der Waals surface area contributed by atoms with Crippen molar-refractivity contribution in [3.05, 3.63) is 54.1 Å². The summed E-state index contributed by atoms with van der Waals surface area (Å²) < 4.78 is 0. The summed E-state index contributed by atoms with van der Waals surface area (Å²) in [6.07, 6.45) is 2.44. The van der Waals surface area contributed by atoms with Crippen molar-refractivity contribution >= 4 is 52.3 Å². The summed E-state index contributed by atoms with van der Waals surface area (Å²) in [6, 6.07) is 14.6. The summed E-state index contributed by atoms with van der Waals surface area (Å²) in [5.74, 6) is -1.70. The predicted molar refractivity (Wildman–Crippen MR) is 206 cm³/mol. The van der Waals surface area contributed by atoms with Gasteiger partial charge in [0, 0.05) is 48.9 Å². The van der Waals surface area contributed by atoms with Crippen LogP contribution in [-0.2, 0) is 28.8 Å². The lowest BCUT2D eigenvalue weighted by Gasteiger charge is -2.09. The van der Waals surface area contributed by atoms with Crippen LogP contribution in [0.1, 0.15) is 76.6 Å². The first-order valence-electron chi connectivity index (χ1n) is 17.7. The molecule has 0 saturated carbocycles. The zero-order valence-corrected chi connectivity index (χ0v) is 31.5. The number of para-hydroxylation sites is 1. The number of H-pyrrole nitrogens is 1. The third-order valence-corrected chi connectivity index (χ3v) is 7.40. The molecule has 0 aliphatic heterocycles. The molecule has 7 amide bonds. The topological polar surface area (TPSA) is 300 Å². The standard InChI is InChI=1S/C27H34N6O4.C6H14N2O.C4H8N2O2/c1-18(2)8-13-23(34)30-17-25(36)31-16-24(35)28-14-5-15-29-27(37)20-11-9-19(10-12-20)26-21-6-3-4-7-22(21)32-33-26;1-4(2)3-5(7)6(8)9;5-3(7)1-2-4(6)8/h3-4,6-7,9-12,18H,5,8,13-17H2,1-2H3,(H,28,35)(H,29,37)(H,30,34)(H,31,36)(H,32,33);4-5H,3,7H2,1-2H3,(H2,8,9);1-2H2,(H2,5,7)(H2,6,8)/t;5-;/m.0./s1. The fraction of sp³-hybridized carbons (Fsp3) is 0.459. The van der Waals surface area contributed by atoms with Crippen molar-refractivity contribution < 1.29 is 33.6 Å². The molecule has 1 atom stereocenters. The van der Waals surface area contributed by atoms with Crippen molar-refractivity contribution in [3.8, 4) is 11.3 Å². The maximum absolute atomic E-state index is 12.4. The second-order valence-electron chi connectivity index (χ2n) is 13.2. The monoisotopic (exact) mass is 752 g/mol. The number of carbonyl (C=O) groups excluding carboxylic acids is 7. The number of nitrogens with zero attached hydrogens (tertiary/aromatic N) is 1. The average molecular weight is 753 g/mol. The molecule has 2 aromatic carbocycles. The molecule has 0 radical (unpaired) electrons. The number of primary amides is 3. The molecule has 0 aliphatic carbocycles. The molecule has 0 spiro atoms. The highest BCUT2D eigenvalue weighted by molar-refractivity contribution is 5.96. The van der Waals surface area contributed by atoms with E-state index in [0.29, 0.717) is 49.8 Å². The number of benzene rings is 2. The normalized spacial score (nSPS) is 10.9. The minimum Gasteiger partial charge on any atom is -0.370 e. The Kier molecular flexibility index (Phi) is 21.5. The lowest BCUT2D eigenvalue weighted by molar-refractivity contribution is -0.127. The van der Waals surface area contributed by atoms with Crippen LogP contribution < -0.4 is 44.2 Å². The Morgan fingerprint density at radius 2 is 1.24 bits per heavy atom. The van der Waals surface area contributed by atoms with Gasteiger partial charge in [-0.05, 0) is 49.3 Å². The zero-order chi connectivity index (χ0) is 40.6. The van der Waals surface area contributed by atoms with E-state index in [4.69, 9.17) is 22.9 Å². The summed E-state index contributed by atoms with van der Waals surface area (Å²) in [4.78, 5) is 77.9. The van der Waals surface area contributed by atoms with Gasteiger partial charge in [-0.3, -0.25) is 38.7 Å². The Morgan fingerprint density at radius 1 is 0.685 bits per heavy atom. The van der Waals surface area contributed by atoms with E-state index in [0.717, 1.165) is 28.6 Å². The Morgan fingerprint density at radius 3 is 1.78 bits per heavy atom. The average Bonchev–Trinajstić information content (AvgIpc) is 3.55. The molecule has 3 aromatic rings. The molecule has 0 bridgehead atoms. The van der Waals surface area contributed by atoms with Crippen LogP contribution in [0, 0.1) is 11.8 Å². The molecule has 1 heterocycles. The highest BCUT2D eigenvalue weighted by Gasteiger charge is 2.12. The van der Waals surface area contributed by atoms with Gasteiger partial charge in [0.15, 0.2) is 0 Å². The second-order valence-corrected chi connectivity index (χ2v) is 13.2. The minimum absolute atomic E-state index is 0.0509. The molecule has 13 N–H and O–H groups in total. The van der Waals surface area contributed by atoms with Crippen LogP contribution in [-0.4, -0.2) is 83.8 Å². The van der Waals surface area contributed by atoms with Crippen molar-refractivity contribution in [1.29, 1.82) is 0 Å². The van der Waals surface area contributed by atoms with Crippen LogP contribution in [0.5, 0.6) is 0 Å². The lowest BCUT2D eigenvalue weighted by atomic mass is 10.0. The number of aromatic nitrogens is 2. The molecular formula is C37H56N10O7. The van der Waals surface area contributed by atoms with Crippen molar-refractivity contribution in [1.82, 2.24) is 31.5 Å². The van der Waals surface area contributed by atoms with Gasteiger partial charge in [0.05, 0.1) is 30.3 Å². The van der Waals surface area contributed by atoms with Crippen molar-refractivity contribution in [2.24, 2.45) is 34.8 Å². The van der Waals surface area contributed by atoms with E-state index in [1.54, 1.807) is 12.1 Å². The Bertz CT molecular complexity index is 1660. The number of amides is 7. The molecule has 3 rings (SSSR count). The highest BCUT2D eigenvalue weighted by Crippen LogP contribution is 2.26. The Balaban J connectivity index is 0.000000708. The first kappa shape index (κ1) is 46.2. The highest BCUT2D eigenvalue weighted by atomic mass is 16.2. The zero-order valence-electron chi connectivity index (χ0n) is 31.5.